The maximum absolute atomic E-state index is 12.7. The van der Waals surface area contributed by atoms with Gasteiger partial charge in [-0.3, -0.25) is 14.5 Å². The van der Waals surface area contributed by atoms with Gasteiger partial charge in [0.05, 0.1) is 6.54 Å². The molecule has 5 heteroatoms. The normalized spacial score (nSPS) is 30.3. The molecule has 0 aromatic heterocycles. The Balaban J connectivity index is 1.44. The van der Waals surface area contributed by atoms with E-state index in [2.05, 4.69) is 29.0 Å². The van der Waals surface area contributed by atoms with Crippen molar-refractivity contribution >= 4 is 11.8 Å². The van der Waals surface area contributed by atoms with Gasteiger partial charge >= 0.3 is 0 Å². The van der Waals surface area contributed by atoms with E-state index < -0.39 is 0 Å². The van der Waals surface area contributed by atoms with Crippen LogP contribution in [0.5, 0.6) is 0 Å². The minimum atomic E-state index is 0.148. The van der Waals surface area contributed by atoms with Crippen LogP contribution in [0.1, 0.15) is 58.8 Å². The van der Waals surface area contributed by atoms with Crippen molar-refractivity contribution in [2.24, 2.45) is 5.92 Å². The molecule has 1 saturated carbocycles. The fourth-order valence-corrected chi connectivity index (χ4v) is 4.09. The third kappa shape index (κ3) is 4.25. The second kappa shape index (κ2) is 7.20. The topological polar surface area (TPSA) is 52.7 Å². The summed E-state index contributed by atoms with van der Waals surface area (Å²) in [6, 6.07) is 1.19. The number of piperidine rings is 2. The number of carbonyl (C=O) groups excluding carboxylic acids is 2. The number of amides is 2. The highest BCUT2D eigenvalue weighted by Crippen LogP contribution is 2.25. The Kier molecular flexibility index (Phi) is 5.24. The molecule has 2 heterocycles. The molecule has 3 fully saturated rings. The summed E-state index contributed by atoms with van der Waals surface area (Å²) < 4.78 is 0. The summed E-state index contributed by atoms with van der Waals surface area (Å²) in [5.74, 6) is 0.650. The molecular weight excluding hydrogens is 290 g/mol. The molecule has 0 aromatic rings. The second-order valence-electron chi connectivity index (χ2n) is 7.76. The quantitative estimate of drug-likeness (QED) is 0.858. The second-order valence-corrected chi connectivity index (χ2v) is 7.76. The Morgan fingerprint density at radius 1 is 0.957 bits per heavy atom. The summed E-state index contributed by atoms with van der Waals surface area (Å²) in [5, 5.41) is 3.11. The fraction of sp³-hybridized carbons (Fsp3) is 0.889. The van der Waals surface area contributed by atoms with Gasteiger partial charge in [-0.25, -0.2) is 0 Å². The predicted octanol–water partition coefficient (Wildman–Crippen LogP) is 1.77. The monoisotopic (exact) mass is 321 g/mol. The number of nitrogens with one attached hydrogen (secondary N) is 1. The molecule has 23 heavy (non-hydrogen) atoms. The van der Waals surface area contributed by atoms with Gasteiger partial charge in [0.15, 0.2) is 0 Å². The van der Waals surface area contributed by atoms with Gasteiger partial charge in [0.1, 0.15) is 0 Å². The van der Waals surface area contributed by atoms with E-state index in [9.17, 15) is 9.59 Å². The molecule has 3 rings (SSSR count). The Morgan fingerprint density at radius 3 is 2.13 bits per heavy atom. The number of hydrogen-bond donors (Lipinski definition) is 1. The van der Waals surface area contributed by atoms with E-state index in [1.807, 2.05) is 0 Å². The van der Waals surface area contributed by atoms with Gasteiger partial charge in [-0.05, 0) is 71.9 Å². The minimum absolute atomic E-state index is 0.148. The lowest BCUT2D eigenvalue weighted by atomic mass is 9.95. The highest BCUT2D eigenvalue weighted by molar-refractivity contribution is 5.80. The lowest BCUT2D eigenvalue weighted by Gasteiger charge is -2.41. The Bertz CT molecular complexity index is 432. The molecule has 2 saturated heterocycles. The molecule has 2 amide bonds. The van der Waals surface area contributed by atoms with E-state index in [1.54, 1.807) is 0 Å². The van der Waals surface area contributed by atoms with E-state index in [1.165, 1.54) is 6.42 Å². The van der Waals surface area contributed by atoms with Gasteiger partial charge < -0.3 is 10.2 Å². The number of nitrogens with zero attached hydrogens (tertiary/aromatic N) is 2. The van der Waals surface area contributed by atoms with Crippen molar-refractivity contribution in [3.05, 3.63) is 0 Å². The van der Waals surface area contributed by atoms with Crippen LogP contribution < -0.4 is 5.32 Å². The highest BCUT2D eigenvalue weighted by Gasteiger charge is 2.33. The van der Waals surface area contributed by atoms with Crippen LogP contribution in [0, 0.1) is 5.92 Å². The smallest absolute Gasteiger partial charge is 0.237 e. The molecule has 0 bridgehead atoms. The van der Waals surface area contributed by atoms with Crippen molar-refractivity contribution in [2.75, 3.05) is 19.6 Å². The summed E-state index contributed by atoms with van der Waals surface area (Å²) in [6.45, 7) is 6.59. The van der Waals surface area contributed by atoms with Crippen molar-refractivity contribution in [3.8, 4) is 0 Å². The molecule has 3 aliphatic rings. The average Bonchev–Trinajstić information content (AvgIpc) is 3.31. The van der Waals surface area contributed by atoms with E-state index in [0.29, 0.717) is 24.7 Å². The third-order valence-electron chi connectivity index (χ3n) is 5.72. The first-order valence-corrected chi connectivity index (χ1v) is 9.38. The van der Waals surface area contributed by atoms with E-state index in [4.69, 9.17) is 0 Å². The maximum Gasteiger partial charge on any atom is 0.237 e. The predicted molar refractivity (Wildman–Crippen MR) is 89.9 cm³/mol. The van der Waals surface area contributed by atoms with Crippen LogP contribution in [0.2, 0.25) is 0 Å². The van der Waals surface area contributed by atoms with Crippen molar-refractivity contribution in [2.45, 2.75) is 76.9 Å². The molecule has 2 atom stereocenters. The van der Waals surface area contributed by atoms with Gasteiger partial charge in [0, 0.05) is 24.0 Å². The molecule has 0 aromatic carbocycles. The van der Waals surface area contributed by atoms with E-state index in [0.717, 1.165) is 51.6 Å². The van der Waals surface area contributed by atoms with Crippen molar-refractivity contribution in [1.29, 1.82) is 0 Å². The van der Waals surface area contributed by atoms with Gasteiger partial charge in [-0.1, -0.05) is 0 Å². The zero-order valence-corrected chi connectivity index (χ0v) is 14.6. The average molecular weight is 321 g/mol. The fourth-order valence-electron chi connectivity index (χ4n) is 4.09. The lowest BCUT2D eigenvalue weighted by Crippen LogP contribution is -2.52. The van der Waals surface area contributed by atoms with Crippen LogP contribution in [0.25, 0.3) is 0 Å². The first-order valence-electron chi connectivity index (χ1n) is 9.38. The van der Waals surface area contributed by atoms with Crippen molar-refractivity contribution in [3.63, 3.8) is 0 Å². The zero-order valence-electron chi connectivity index (χ0n) is 14.6. The van der Waals surface area contributed by atoms with Crippen LogP contribution >= 0.6 is 0 Å². The van der Waals surface area contributed by atoms with Gasteiger partial charge in [0.25, 0.3) is 0 Å². The summed E-state index contributed by atoms with van der Waals surface area (Å²) in [7, 11) is 0. The summed E-state index contributed by atoms with van der Waals surface area (Å²) in [6.07, 6.45) is 7.54. The first-order chi connectivity index (χ1) is 11.0. The first kappa shape index (κ1) is 16.7. The standard InChI is InChI=1S/C18H31N3O2/c1-13-4-3-5-14(2)21(13)17(22)12-20-10-8-15(9-11-20)18(23)19-16-6-7-16/h13-16H,3-12H2,1-2H3,(H,19,23)/t13-,14-/m0/s1. The summed E-state index contributed by atoms with van der Waals surface area (Å²) in [5.41, 5.74) is 0. The lowest BCUT2D eigenvalue weighted by molar-refractivity contribution is -0.139. The molecule has 5 nitrogen and oxygen atoms in total. The molecule has 1 aliphatic carbocycles. The summed E-state index contributed by atoms with van der Waals surface area (Å²) >= 11 is 0. The summed E-state index contributed by atoms with van der Waals surface area (Å²) in [4.78, 5) is 29.1. The third-order valence-corrected chi connectivity index (χ3v) is 5.72. The van der Waals surface area contributed by atoms with Crippen LogP contribution in [0.15, 0.2) is 0 Å². The Labute approximate surface area is 139 Å². The van der Waals surface area contributed by atoms with Crippen molar-refractivity contribution in [1.82, 2.24) is 15.1 Å². The largest absolute Gasteiger partial charge is 0.353 e. The number of likely N-dealkylation sites (tertiary alicyclic amines) is 2. The van der Waals surface area contributed by atoms with E-state index >= 15 is 0 Å². The van der Waals surface area contributed by atoms with Gasteiger partial charge in [0.2, 0.25) is 11.8 Å². The number of hydrogen-bond acceptors (Lipinski definition) is 3. The van der Waals surface area contributed by atoms with Crippen LogP contribution in [-0.2, 0) is 9.59 Å². The van der Waals surface area contributed by atoms with Crippen molar-refractivity contribution < 1.29 is 9.59 Å². The molecule has 0 spiro atoms. The minimum Gasteiger partial charge on any atom is -0.353 e. The van der Waals surface area contributed by atoms with E-state index in [-0.39, 0.29) is 17.7 Å². The molecule has 0 unspecified atom stereocenters. The SMILES string of the molecule is C[C@H]1CCC[C@H](C)N1C(=O)CN1CCC(C(=O)NC2CC2)CC1. The number of rotatable bonds is 4. The molecule has 1 N–H and O–H groups in total. The molecule has 0 radical (unpaired) electrons. The molecule has 2 aliphatic heterocycles. The molecular formula is C18H31N3O2. The number of carbonyl (C=O) groups is 2. The van der Waals surface area contributed by atoms with Crippen LogP contribution in [0.4, 0.5) is 0 Å². The Morgan fingerprint density at radius 2 is 1.57 bits per heavy atom. The van der Waals surface area contributed by atoms with Crippen LogP contribution in [-0.4, -0.2) is 59.4 Å². The maximum atomic E-state index is 12.7. The van der Waals surface area contributed by atoms with Gasteiger partial charge in [-0.15, -0.1) is 0 Å². The Hall–Kier alpha value is -1.10. The molecule has 130 valence electrons. The van der Waals surface area contributed by atoms with Crippen LogP contribution in [0.3, 0.4) is 0 Å². The van der Waals surface area contributed by atoms with Gasteiger partial charge in [-0.2, -0.15) is 0 Å². The highest BCUT2D eigenvalue weighted by atomic mass is 16.2. The zero-order chi connectivity index (χ0) is 16.4.